The summed E-state index contributed by atoms with van der Waals surface area (Å²) in [6.07, 6.45) is -3.25. The lowest BCUT2D eigenvalue weighted by Gasteiger charge is -2.12. The highest BCUT2D eigenvalue weighted by Crippen LogP contribution is 2.34. The van der Waals surface area contributed by atoms with Crippen molar-refractivity contribution in [1.82, 2.24) is 9.97 Å². The zero-order chi connectivity index (χ0) is 15.6. The van der Waals surface area contributed by atoms with Gasteiger partial charge in [0.1, 0.15) is 5.82 Å². The van der Waals surface area contributed by atoms with Crippen LogP contribution >= 0.6 is 15.9 Å². The van der Waals surface area contributed by atoms with Crippen LogP contribution in [0.25, 0.3) is 0 Å². The summed E-state index contributed by atoms with van der Waals surface area (Å²) in [6, 6.07) is 4.78. The zero-order valence-electron chi connectivity index (χ0n) is 10.2. The normalized spacial score (nSPS) is 11.0. The Morgan fingerprint density at radius 1 is 1.33 bits per heavy atom. The lowest BCUT2D eigenvalue weighted by molar-refractivity contribution is -0.137. The number of rotatable bonds is 2. The molecule has 9 heteroatoms. The second-order valence-corrected chi connectivity index (χ2v) is 4.77. The summed E-state index contributed by atoms with van der Waals surface area (Å²) in [7, 11) is 0. The fourth-order valence-electron chi connectivity index (χ4n) is 1.56. The number of hydrogen-bond acceptors (Lipinski definition) is 5. The Labute approximate surface area is 125 Å². The Balaban J connectivity index is 2.42. The maximum absolute atomic E-state index is 12.9. The molecule has 0 aliphatic heterocycles. The molecule has 0 saturated heterocycles. The third kappa shape index (κ3) is 3.41. The molecule has 0 radical (unpaired) electrons. The molecule has 0 aliphatic rings. The largest absolute Gasteiger partial charge is 0.417 e. The summed E-state index contributed by atoms with van der Waals surface area (Å²) in [6.45, 7) is 0. The summed E-state index contributed by atoms with van der Waals surface area (Å²) >= 11 is 3.16. The van der Waals surface area contributed by atoms with E-state index in [4.69, 9.17) is 11.0 Å². The number of nitrogens with one attached hydrogen (secondary N) is 1. The molecule has 2 rings (SSSR count). The van der Waals surface area contributed by atoms with Crippen molar-refractivity contribution in [2.45, 2.75) is 6.18 Å². The maximum Gasteiger partial charge on any atom is 0.417 e. The third-order valence-electron chi connectivity index (χ3n) is 2.47. The molecular formula is C12H7BrF3N5. The van der Waals surface area contributed by atoms with Gasteiger partial charge in [-0.15, -0.1) is 0 Å². The molecule has 0 amide bonds. The number of nitrogen functional groups attached to an aromatic ring is 1. The first-order valence-electron chi connectivity index (χ1n) is 5.47. The van der Waals surface area contributed by atoms with Crippen molar-refractivity contribution >= 4 is 33.4 Å². The Morgan fingerprint density at radius 3 is 2.67 bits per heavy atom. The molecule has 2 aromatic rings. The smallest absolute Gasteiger partial charge is 0.368 e. The van der Waals surface area contributed by atoms with Crippen LogP contribution in [-0.2, 0) is 6.18 Å². The minimum absolute atomic E-state index is 0.0228. The molecule has 0 aliphatic carbocycles. The van der Waals surface area contributed by atoms with Gasteiger partial charge < -0.3 is 11.1 Å². The molecule has 1 aromatic carbocycles. The van der Waals surface area contributed by atoms with E-state index in [1.807, 2.05) is 0 Å². The van der Waals surface area contributed by atoms with Gasteiger partial charge in [-0.1, -0.05) is 0 Å². The van der Waals surface area contributed by atoms with Crippen LogP contribution in [0.2, 0.25) is 0 Å². The van der Waals surface area contributed by atoms with Gasteiger partial charge in [0.2, 0.25) is 5.95 Å². The van der Waals surface area contributed by atoms with E-state index in [-0.39, 0.29) is 17.5 Å². The molecular weight excluding hydrogens is 351 g/mol. The number of hydrogen-bond donors (Lipinski definition) is 2. The lowest BCUT2D eigenvalue weighted by atomic mass is 10.1. The second kappa shape index (κ2) is 5.57. The van der Waals surface area contributed by atoms with Crippen molar-refractivity contribution in [3.05, 3.63) is 40.0 Å². The SMILES string of the molecule is N#Cc1ccc(Nc2nc(N)ncc2Br)cc1C(F)(F)F. The molecule has 0 bridgehead atoms. The van der Waals surface area contributed by atoms with E-state index in [1.54, 1.807) is 0 Å². The van der Waals surface area contributed by atoms with Crippen LogP contribution in [0, 0.1) is 11.3 Å². The summed E-state index contributed by atoms with van der Waals surface area (Å²) in [5.74, 6) is 0.200. The van der Waals surface area contributed by atoms with Crippen LogP contribution in [0.15, 0.2) is 28.9 Å². The Bertz CT molecular complexity index is 724. The average molecular weight is 358 g/mol. The van der Waals surface area contributed by atoms with Crippen LogP contribution in [0.1, 0.15) is 11.1 Å². The molecule has 108 valence electrons. The van der Waals surface area contributed by atoms with E-state index in [0.717, 1.165) is 12.1 Å². The van der Waals surface area contributed by atoms with Crippen LogP contribution < -0.4 is 11.1 Å². The summed E-state index contributed by atoms with van der Waals surface area (Å²) in [4.78, 5) is 7.59. The number of halogens is 4. The van der Waals surface area contributed by atoms with E-state index < -0.39 is 17.3 Å². The molecule has 0 atom stereocenters. The summed E-state index contributed by atoms with van der Waals surface area (Å²) in [5.41, 5.74) is 4.08. The number of nitrogens with zero attached hydrogens (tertiary/aromatic N) is 3. The molecule has 1 heterocycles. The van der Waals surface area contributed by atoms with Gasteiger partial charge in [-0.3, -0.25) is 0 Å². The molecule has 0 spiro atoms. The molecule has 0 saturated carbocycles. The number of aromatic nitrogens is 2. The van der Waals surface area contributed by atoms with Gasteiger partial charge in [-0.25, -0.2) is 4.98 Å². The van der Waals surface area contributed by atoms with Gasteiger partial charge in [-0.2, -0.15) is 23.4 Å². The fraction of sp³-hybridized carbons (Fsp3) is 0.0833. The molecule has 0 unspecified atom stereocenters. The van der Waals surface area contributed by atoms with Crippen LogP contribution in [0.4, 0.5) is 30.6 Å². The molecule has 21 heavy (non-hydrogen) atoms. The predicted octanol–water partition coefficient (Wildman–Crippen LogP) is 3.46. The van der Waals surface area contributed by atoms with E-state index in [0.29, 0.717) is 4.47 Å². The van der Waals surface area contributed by atoms with Gasteiger partial charge in [0, 0.05) is 11.9 Å². The van der Waals surface area contributed by atoms with E-state index >= 15 is 0 Å². The van der Waals surface area contributed by atoms with Gasteiger partial charge in [0.05, 0.1) is 21.7 Å². The zero-order valence-corrected chi connectivity index (χ0v) is 11.8. The van der Waals surface area contributed by atoms with Gasteiger partial charge in [0.25, 0.3) is 0 Å². The van der Waals surface area contributed by atoms with Crippen molar-refractivity contribution in [2.24, 2.45) is 0 Å². The first kappa shape index (κ1) is 15.1. The highest BCUT2D eigenvalue weighted by molar-refractivity contribution is 9.10. The number of nitrogens with two attached hydrogens (primary N) is 1. The fourth-order valence-corrected chi connectivity index (χ4v) is 1.85. The van der Waals surface area contributed by atoms with Gasteiger partial charge >= 0.3 is 6.18 Å². The van der Waals surface area contributed by atoms with E-state index in [1.165, 1.54) is 18.3 Å². The summed E-state index contributed by atoms with van der Waals surface area (Å²) in [5, 5.41) is 11.4. The highest BCUT2D eigenvalue weighted by Gasteiger charge is 2.33. The molecule has 0 fully saturated rings. The first-order valence-corrected chi connectivity index (χ1v) is 6.27. The van der Waals surface area contributed by atoms with Gasteiger partial charge in [-0.05, 0) is 34.1 Å². The molecule has 1 aromatic heterocycles. The summed E-state index contributed by atoms with van der Waals surface area (Å²) < 4.78 is 39.0. The Kier molecular flexibility index (Phi) is 3.99. The van der Waals surface area contributed by atoms with E-state index in [9.17, 15) is 13.2 Å². The standard InChI is InChI=1S/C12H7BrF3N5/c13-9-5-19-11(18)21-10(9)20-7-2-1-6(4-17)8(3-7)12(14,15)16/h1-3,5H,(H3,18,19,20,21). The first-order chi connectivity index (χ1) is 9.81. The Hall–Kier alpha value is -2.34. The number of alkyl halides is 3. The number of benzene rings is 1. The monoisotopic (exact) mass is 357 g/mol. The van der Waals surface area contributed by atoms with Crippen LogP contribution in [0.5, 0.6) is 0 Å². The van der Waals surface area contributed by atoms with Crippen LogP contribution in [-0.4, -0.2) is 9.97 Å². The van der Waals surface area contributed by atoms with E-state index in [2.05, 4.69) is 31.2 Å². The number of nitriles is 1. The predicted molar refractivity (Wildman–Crippen MR) is 73.6 cm³/mol. The third-order valence-corrected chi connectivity index (χ3v) is 3.05. The lowest BCUT2D eigenvalue weighted by Crippen LogP contribution is -2.09. The quantitative estimate of drug-likeness (QED) is 0.859. The minimum atomic E-state index is -4.62. The van der Waals surface area contributed by atoms with Crippen molar-refractivity contribution < 1.29 is 13.2 Å². The molecule has 3 N–H and O–H groups in total. The maximum atomic E-state index is 12.9. The number of anilines is 3. The van der Waals surface area contributed by atoms with Crippen molar-refractivity contribution in [3.8, 4) is 6.07 Å². The van der Waals surface area contributed by atoms with Crippen molar-refractivity contribution in [3.63, 3.8) is 0 Å². The van der Waals surface area contributed by atoms with Crippen molar-refractivity contribution in [2.75, 3.05) is 11.1 Å². The Morgan fingerprint density at radius 2 is 2.05 bits per heavy atom. The molecule has 5 nitrogen and oxygen atoms in total. The average Bonchev–Trinajstić information content (AvgIpc) is 2.42. The minimum Gasteiger partial charge on any atom is -0.368 e. The topological polar surface area (TPSA) is 87.6 Å². The van der Waals surface area contributed by atoms with Crippen LogP contribution in [0.3, 0.4) is 0 Å². The second-order valence-electron chi connectivity index (χ2n) is 3.92. The highest BCUT2D eigenvalue weighted by atomic mass is 79.9. The van der Waals surface area contributed by atoms with Crippen molar-refractivity contribution in [1.29, 1.82) is 5.26 Å². The van der Waals surface area contributed by atoms with Gasteiger partial charge in [0.15, 0.2) is 0 Å².